The van der Waals surface area contributed by atoms with Crippen molar-refractivity contribution in [3.8, 4) is 0 Å². The Labute approximate surface area is 221 Å². The van der Waals surface area contributed by atoms with Crippen molar-refractivity contribution in [3.05, 3.63) is 41.4 Å². The molecule has 2 aromatic rings. The van der Waals surface area contributed by atoms with E-state index in [0.29, 0.717) is 29.8 Å². The summed E-state index contributed by atoms with van der Waals surface area (Å²) >= 11 is 6.06. The van der Waals surface area contributed by atoms with Crippen LogP contribution in [0.4, 0.5) is 0 Å². The molecule has 2 heterocycles. The van der Waals surface area contributed by atoms with Gasteiger partial charge in [-0.05, 0) is 48.5 Å². The summed E-state index contributed by atoms with van der Waals surface area (Å²) in [5.41, 5.74) is 0. The Balaban J connectivity index is 1.63. The highest BCUT2D eigenvalue weighted by molar-refractivity contribution is 7.89. The second-order valence-corrected chi connectivity index (χ2v) is 11.7. The third kappa shape index (κ3) is 5.96. The number of benzene rings is 2. The summed E-state index contributed by atoms with van der Waals surface area (Å²) in [7, 11) is -2.22. The highest BCUT2D eigenvalue weighted by atomic mass is 35.5. The summed E-state index contributed by atoms with van der Waals surface area (Å²) in [5.74, 6) is -0.758. The smallest absolute Gasteiger partial charge is 0.243 e. The average Bonchev–Trinajstić information content (AvgIpc) is 3.22. The van der Waals surface area contributed by atoms with Crippen LogP contribution in [0.3, 0.4) is 0 Å². The lowest BCUT2D eigenvalue weighted by Gasteiger charge is -2.37. The van der Waals surface area contributed by atoms with Gasteiger partial charge in [0.1, 0.15) is 18.4 Å². The van der Waals surface area contributed by atoms with Gasteiger partial charge in [0.15, 0.2) is 0 Å². The molecule has 0 spiro atoms. The number of ether oxygens (including phenoxy) is 1. The second kappa shape index (κ2) is 11.4. The van der Waals surface area contributed by atoms with Gasteiger partial charge in [-0.15, -0.1) is 0 Å². The fourth-order valence-corrected chi connectivity index (χ4v) is 6.73. The Hall–Kier alpha value is -2.57. The number of hydrogen-bond donors (Lipinski definition) is 1. The van der Waals surface area contributed by atoms with Crippen LogP contribution in [-0.4, -0.2) is 105 Å². The maximum atomic E-state index is 13.9. The lowest BCUT2D eigenvalue weighted by atomic mass is 10.1. The summed E-state index contributed by atoms with van der Waals surface area (Å²) in [5, 5.41) is 4.62. The van der Waals surface area contributed by atoms with Crippen LogP contribution in [0.5, 0.6) is 0 Å². The zero-order valence-corrected chi connectivity index (χ0v) is 22.4. The fourth-order valence-electron chi connectivity index (χ4n) is 4.91. The summed E-state index contributed by atoms with van der Waals surface area (Å²) in [6, 6.07) is 8.02. The number of aldehydes is 1. The number of halogens is 1. The molecule has 1 N–H and O–H groups in total. The third-order valence-electron chi connectivity index (χ3n) is 6.82. The molecule has 2 aromatic carbocycles. The van der Waals surface area contributed by atoms with E-state index >= 15 is 0 Å². The number of fused-ring (bicyclic) bond motifs is 1. The van der Waals surface area contributed by atoms with Gasteiger partial charge in [-0.1, -0.05) is 23.7 Å². The molecule has 0 bridgehead atoms. The normalized spacial score (nSPS) is 21.9. The first-order valence-corrected chi connectivity index (χ1v) is 13.9. The number of rotatable bonds is 9. The highest BCUT2D eigenvalue weighted by Gasteiger charge is 2.46. The molecule has 2 amide bonds. The van der Waals surface area contributed by atoms with Gasteiger partial charge in [0.05, 0.1) is 17.6 Å². The molecule has 0 aromatic heterocycles. The van der Waals surface area contributed by atoms with Crippen molar-refractivity contribution in [2.24, 2.45) is 0 Å². The van der Waals surface area contributed by atoms with Crippen LogP contribution >= 0.6 is 11.6 Å². The molecule has 0 saturated carbocycles. The number of amides is 2. The Morgan fingerprint density at radius 2 is 1.97 bits per heavy atom. The van der Waals surface area contributed by atoms with Crippen molar-refractivity contribution in [2.45, 2.75) is 36.4 Å². The molecule has 2 fully saturated rings. The molecular weight excluding hydrogens is 520 g/mol. The minimum Gasteiger partial charge on any atom is -0.373 e. The van der Waals surface area contributed by atoms with Crippen LogP contribution < -0.4 is 5.32 Å². The monoisotopic (exact) mass is 550 g/mol. The zero-order valence-electron chi connectivity index (χ0n) is 20.8. The van der Waals surface area contributed by atoms with E-state index in [9.17, 15) is 22.8 Å². The van der Waals surface area contributed by atoms with Crippen molar-refractivity contribution in [1.29, 1.82) is 0 Å². The molecule has 3 atom stereocenters. The van der Waals surface area contributed by atoms with Crippen molar-refractivity contribution in [1.82, 2.24) is 19.4 Å². The number of nitrogens with zero attached hydrogens (tertiary/aromatic N) is 3. The Morgan fingerprint density at radius 1 is 1.24 bits per heavy atom. The van der Waals surface area contributed by atoms with Gasteiger partial charge in [0, 0.05) is 44.7 Å². The van der Waals surface area contributed by atoms with Crippen LogP contribution in [0.1, 0.15) is 13.3 Å². The first-order chi connectivity index (χ1) is 17.6. The van der Waals surface area contributed by atoms with Crippen LogP contribution in [0.2, 0.25) is 5.02 Å². The van der Waals surface area contributed by atoms with Crippen LogP contribution in [0.25, 0.3) is 10.8 Å². The van der Waals surface area contributed by atoms with E-state index < -0.39 is 34.1 Å². The number of morpholine rings is 1. The molecule has 0 aliphatic carbocycles. The molecule has 2 aliphatic heterocycles. The van der Waals surface area contributed by atoms with E-state index in [1.165, 1.54) is 17.9 Å². The van der Waals surface area contributed by atoms with Gasteiger partial charge < -0.3 is 24.6 Å². The van der Waals surface area contributed by atoms with Crippen LogP contribution in [0.15, 0.2) is 41.3 Å². The van der Waals surface area contributed by atoms with E-state index in [1.807, 2.05) is 11.9 Å². The Bertz CT molecular complexity index is 1290. The first kappa shape index (κ1) is 27.5. The predicted molar refractivity (Wildman–Crippen MR) is 139 cm³/mol. The number of sulfonamides is 1. The average molecular weight is 551 g/mol. The molecule has 10 nitrogen and oxygen atoms in total. The maximum Gasteiger partial charge on any atom is 0.243 e. The van der Waals surface area contributed by atoms with Crippen molar-refractivity contribution < 1.29 is 27.5 Å². The van der Waals surface area contributed by atoms with Crippen LogP contribution in [0, 0.1) is 0 Å². The molecule has 4 rings (SSSR count). The van der Waals surface area contributed by atoms with E-state index in [4.69, 9.17) is 16.3 Å². The van der Waals surface area contributed by atoms with Gasteiger partial charge in [-0.2, -0.15) is 4.31 Å². The van der Waals surface area contributed by atoms with Gasteiger partial charge in [-0.25, -0.2) is 8.42 Å². The fraction of sp³-hybridized carbons (Fsp3) is 0.480. The third-order valence-corrected chi connectivity index (χ3v) is 8.96. The van der Waals surface area contributed by atoms with E-state index in [1.54, 1.807) is 30.3 Å². The van der Waals surface area contributed by atoms with Gasteiger partial charge >= 0.3 is 0 Å². The second-order valence-electron chi connectivity index (χ2n) is 9.39. The Morgan fingerprint density at radius 3 is 2.68 bits per heavy atom. The minimum absolute atomic E-state index is 0.0283. The van der Waals surface area contributed by atoms with Gasteiger partial charge in [0.2, 0.25) is 21.8 Å². The van der Waals surface area contributed by atoms with Crippen molar-refractivity contribution in [2.75, 3.05) is 46.4 Å². The molecule has 0 radical (unpaired) electrons. The largest absolute Gasteiger partial charge is 0.373 e. The first-order valence-electron chi connectivity index (χ1n) is 12.1. The maximum absolute atomic E-state index is 13.9. The molecule has 200 valence electrons. The topological polar surface area (TPSA) is 116 Å². The minimum atomic E-state index is -4.13. The number of carbonyl (C=O) groups excluding carboxylic acids is 3. The Kier molecular flexibility index (Phi) is 8.49. The number of likely N-dealkylation sites (N-methyl/N-ethyl adjacent to an activating group) is 1. The SMILES string of the molecule is CC(=O)NCCN([C@H]1CCN([C@H](C=O)C2CN(C)CCO2)C1=O)S(=O)(=O)c1ccc2cc(Cl)ccc2c1. The van der Waals surface area contributed by atoms with E-state index in [2.05, 4.69) is 5.32 Å². The van der Waals surface area contributed by atoms with Crippen molar-refractivity contribution >= 4 is 50.5 Å². The number of likely N-dealkylation sites (tertiary alicyclic amines) is 1. The van der Waals surface area contributed by atoms with Gasteiger partial charge in [0.25, 0.3) is 0 Å². The van der Waals surface area contributed by atoms with Crippen molar-refractivity contribution in [3.63, 3.8) is 0 Å². The number of hydrogen-bond acceptors (Lipinski definition) is 7. The predicted octanol–water partition coefficient (Wildman–Crippen LogP) is 1.12. The lowest BCUT2D eigenvalue weighted by Crippen LogP contribution is -2.55. The highest BCUT2D eigenvalue weighted by Crippen LogP contribution is 2.29. The lowest BCUT2D eigenvalue weighted by molar-refractivity contribution is -0.142. The van der Waals surface area contributed by atoms with E-state index in [-0.39, 0.29) is 36.9 Å². The molecule has 1 unspecified atom stereocenters. The van der Waals surface area contributed by atoms with E-state index in [0.717, 1.165) is 16.2 Å². The molecule has 37 heavy (non-hydrogen) atoms. The van der Waals surface area contributed by atoms with Crippen LogP contribution in [-0.2, 0) is 29.1 Å². The zero-order chi connectivity index (χ0) is 26.7. The standard InChI is InChI=1S/C25H31ClN4O6S/c1-17(32)27-8-10-30(37(34,35)21-6-4-18-13-20(26)5-3-19(18)14-21)22-7-9-29(25(22)33)23(16-31)24-15-28(2)11-12-36-24/h3-6,13-14,16,22-24H,7-12,15H2,1-2H3,(H,27,32)/t22-,23+,24?/m0/s1. The number of carbonyl (C=O) groups is 3. The summed E-state index contributed by atoms with van der Waals surface area (Å²) in [6.45, 7) is 3.16. The quantitative estimate of drug-likeness (QED) is 0.465. The summed E-state index contributed by atoms with van der Waals surface area (Å²) in [6.07, 6.45) is 0.429. The number of nitrogens with one attached hydrogen (secondary N) is 1. The molecule has 2 saturated heterocycles. The summed E-state index contributed by atoms with van der Waals surface area (Å²) in [4.78, 5) is 40.6. The molecular formula is C25H31ClN4O6S. The van der Waals surface area contributed by atoms with Gasteiger partial charge in [-0.3, -0.25) is 9.59 Å². The molecule has 12 heteroatoms. The summed E-state index contributed by atoms with van der Waals surface area (Å²) < 4.78 is 34.6. The molecule has 2 aliphatic rings.